The first-order valence-corrected chi connectivity index (χ1v) is 4.42. The minimum Gasteiger partial charge on any atom is -0.353 e. The molecule has 0 atom stereocenters. The Morgan fingerprint density at radius 2 is 2.06 bits per heavy atom. The van der Waals surface area contributed by atoms with Crippen LogP contribution in [0, 0.1) is 0 Å². The molecule has 0 saturated heterocycles. The molecule has 0 fully saturated rings. The monoisotopic (exact) mass is 261 g/mol. The summed E-state index contributed by atoms with van der Waals surface area (Å²) < 4.78 is 0. The zero-order chi connectivity index (χ0) is 9.64. The van der Waals surface area contributed by atoms with Crippen molar-refractivity contribution in [2.45, 2.75) is 0 Å². The second-order valence-corrected chi connectivity index (χ2v) is 2.81. The van der Waals surface area contributed by atoms with E-state index in [-0.39, 0.29) is 24.8 Å². The van der Waals surface area contributed by atoms with Crippen LogP contribution >= 0.6 is 24.8 Å². The van der Waals surface area contributed by atoms with E-state index in [4.69, 9.17) is 0 Å². The van der Waals surface area contributed by atoms with Gasteiger partial charge in [0.05, 0.1) is 12.8 Å². The number of hydrogen-bond acceptors (Lipinski definition) is 5. The van der Waals surface area contributed by atoms with E-state index in [1.807, 2.05) is 12.1 Å². The highest BCUT2D eigenvalue weighted by Gasteiger charge is 2.00. The van der Waals surface area contributed by atoms with Crippen molar-refractivity contribution in [3.8, 4) is 0 Å². The van der Waals surface area contributed by atoms with Gasteiger partial charge in [0.15, 0.2) is 0 Å². The number of aromatic nitrogens is 1. The summed E-state index contributed by atoms with van der Waals surface area (Å²) in [5.74, 6) is 0.732. The number of guanidine groups is 1. The molecule has 1 aromatic heterocycles. The zero-order valence-electron chi connectivity index (χ0n) is 8.46. The molecule has 0 amide bonds. The number of pyridine rings is 1. The standard InChI is InChI=1S/C9H11N5.2ClH/c1-3-10-4-2-8(1)7-13-14-9-11-5-6-12-9;;/h1-4,7H,5-6H2,(H2,11,12,14);2*1H. The highest BCUT2D eigenvalue weighted by molar-refractivity contribution is 5.85. The number of hydrogen-bond donors (Lipinski definition) is 2. The van der Waals surface area contributed by atoms with Crippen LogP contribution in [0.15, 0.2) is 34.6 Å². The number of halogens is 2. The molecule has 1 aromatic rings. The van der Waals surface area contributed by atoms with Gasteiger partial charge in [0, 0.05) is 18.9 Å². The molecule has 2 heterocycles. The van der Waals surface area contributed by atoms with Gasteiger partial charge in [-0.1, -0.05) is 0 Å². The Balaban J connectivity index is 0.00000112. The van der Waals surface area contributed by atoms with E-state index in [0.29, 0.717) is 0 Å². The van der Waals surface area contributed by atoms with Gasteiger partial charge < -0.3 is 5.32 Å². The maximum absolute atomic E-state index is 4.14. The molecule has 0 radical (unpaired) electrons. The van der Waals surface area contributed by atoms with Crippen molar-refractivity contribution in [3.05, 3.63) is 30.1 Å². The maximum atomic E-state index is 4.14. The highest BCUT2D eigenvalue weighted by Crippen LogP contribution is 1.90. The average Bonchev–Trinajstić information content (AvgIpc) is 2.72. The molecule has 5 nitrogen and oxygen atoms in total. The Bertz CT molecular complexity index is 352. The summed E-state index contributed by atoms with van der Waals surface area (Å²) in [7, 11) is 0. The fraction of sp³-hybridized carbons (Fsp3) is 0.222. The summed E-state index contributed by atoms with van der Waals surface area (Å²) in [4.78, 5) is 8.05. The number of nitrogens with one attached hydrogen (secondary N) is 2. The Kier molecular flexibility index (Phi) is 7.24. The van der Waals surface area contributed by atoms with E-state index >= 15 is 0 Å². The minimum atomic E-state index is 0. The Hall–Kier alpha value is -1.33. The largest absolute Gasteiger partial charge is 0.353 e. The van der Waals surface area contributed by atoms with Gasteiger partial charge in [-0.3, -0.25) is 4.98 Å². The van der Waals surface area contributed by atoms with Crippen LogP contribution in [0.2, 0.25) is 0 Å². The summed E-state index contributed by atoms with van der Waals surface area (Å²) in [6, 6.07) is 3.77. The van der Waals surface area contributed by atoms with Gasteiger partial charge in [-0.15, -0.1) is 24.8 Å². The minimum absolute atomic E-state index is 0. The molecule has 2 rings (SSSR count). The van der Waals surface area contributed by atoms with Crippen molar-refractivity contribution in [2.75, 3.05) is 13.1 Å². The molecule has 0 aromatic carbocycles. The molecule has 0 spiro atoms. The number of hydrazone groups is 1. The smallest absolute Gasteiger partial charge is 0.212 e. The SMILES string of the molecule is C(=NNC1=NCCN1)c1ccncc1.Cl.Cl. The molecule has 0 bridgehead atoms. The van der Waals surface area contributed by atoms with Crippen LogP contribution in [0.1, 0.15) is 5.56 Å². The molecule has 2 N–H and O–H groups in total. The Morgan fingerprint density at radius 1 is 1.31 bits per heavy atom. The van der Waals surface area contributed by atoms with Gasteiger partial charge in [0.2, 0.25) is 5.96 Å². The Morgan fingerprint density at radius 3 is 2.69 bits per heavy atom. The van der Waals surface area contributed by atoms with E-state index < -0.39 is 0 Å². The van der Waals surface area contributed by atoms with Crippen LogP contribution < -0.4 is 10.7 Å². The quantitative estimate of drug-likeness (QED) is 0.612. The summed E-state index contributed by atoms with van der Waals surface area (Å²) in [5, 5.41) is 7.08. The molecule has 0 unspecified atom stereocenters. The normalized spacial score (nSPS) is 13.4. The lowest BCUT2D eigenvalue weighted by Crippen LogP contribution is -2.30. The molecule has 0 saturated carbocycles. The second-order valence-electron chi connectivity index (χ2n) is 2.81. The van der Waals surface area contributed by atoms with E-state index in [9.17, 15) is 0 Å². The van der Waals surface area contributed by atoms with Gasteiger partial charge in [0.25, 0.3) is 0 Å². The molecule has 1 aliphatic heterocycles. The first-order valence-electron chi connectivity index (χ1n) is 4.42. The lowest BCUT2D eigenvalue weighted by Gasteiger charge is -1.98. The van der Waals surface area contributed by atoms with E-state index in [0.717, 1.165) is 24.6 Å². The summed E-state index contributed by atoms with van der Waals surface area (Å²) in [6.45, 7) is 1.69. The van der Waals surface area contributed by atoms with Crippen LogP contribution in [0.25, 0.3) is 0 Å². The fourth-order valence-corrected chi connectivity index (χ4v) is 1.09. The average molecular weight is 262 g/mol. The van der Waals surface area contributed by atoms with E-state index in [1.54, 1.807) is 18.6 Å². The highest BCUT2D eigenvalue weighted by atomic mass is 35.5. The third-order valence-corrected chi connectivity index (χ3v) is 1.76. The van der Waals surface area contributed by atoms with Crippen LogP contribution in [0.3, 0.4) is 0 Å². The fourth-order valence-electron chi connectivity index (χ4n) is 1.09. The predicted octanol–water partition coefficient (Wildman–Crippen LogP) is 0.808. The molecule has 88 valence electrons. The van der Waals surface area contributed by atoms with Crippen LogP contribution in [-0.2, 0) is 0 Å². The van der Waals surface area contributed by atoms with Crippen LogP contribution in [0.5, 0.6) is 0 Å². The van der Waals surface area contributed by atoms with Crippen molar-refractivity contribution in [1.82, 2.24) is 15.7 Å². The van der Waals surface area contributed by atoms with Gasteiger partial charge in [-0.05, 0) is 17.7 Å². The van der Waals surface area contributed by atoms with Crippen molar-refractivity contribution in [1.29, 1.82) is 0 Å². The topological polar surface area (TPSA) is 61.7 Å². The first kappa shape index (κ1) is 14.7. The summed E-state index contributed by atoms with van der Waals surface area (Å²) in [6.07, 6.45) is 5.18. The molecule has 0 aliphatic carbocycles. The van der Waals surface area contributed by atoms with E-state index in [1.165, 1.54) is 0 Å². The van der Waals surface area contributed by atoms with Crippen LogP contribution in [-0.4, -0.2) is 30.2 Å². The Labute approximate surface area is 106 Å². The number of nitrogens with zero attached hydrogens (tertiary/aromatic N) is 3. The number of rotatable bonds is 2. The second kappa shape index (κ2) is 7.90. The van der Waals surface area contributed by atoms with Crippen molar-refractivity contribution in [2.24, 2.45) is 10.1 Å². The molecular weight excluding hydrogens is 249 g/mol. The molecule has 16 heavy (non-hydrogen) atoms. The summed E-state index contributed by atoms with van der Waals surface area (Å²) in [5.41, 5.74) is 3.82. The lowest BCUT2D eigenvalue weighted by atomic mass is 10.3. The third-order valence-electron chi connectivity index (χ3n) is 1.76. The van der Waals surface area contributed by atoms with Gasteiger partial charge in [0.1, 0.15) is 0 Å². The molecule has 7 heteroatoms. The van der Waals surface area contributed by atoms with Crippen LogP contribution in [0.4, 0.5) is 0 Å². The van der Waals surface area contributed by atoms with Gasteiger partial charge in [-0.25, -0.2) is 10.4 Å². The van der Waals surface area contributed by atoms with E-state index in [2.05, 4.69) is 25.8 Å². The van der Waals surface area contributed by atoms with Crippen molar-refractivity contribution < 1.29 is 0 Å². The first-order chi connectivity index (χ1) is 6.95. The van der Waals surface area contributed by atoms with Gasteiger partial charge in [-0.2, -0.15) is 5.10 Å². The zero-order valence-corrected chi connectivity index (χ0v) is 10.1. The maximum Gasteiger partial charge on any atom is 0.212 e. The molecule has 1 aliphatic rings. The lowest BCUT2D eigenvalue weighted by molar-refractivity contribution is 0.920. The van der Waals surface area contributed by atoms with Crippen molar-refractivity contribution >= 4 is 37.0 Å². The molecular formula is C9H13Cl2N5. The summed E-state index contributed by atoms with van der Waals surface area (Å²) >= 11 is 0. The predicted molar refractivity (Wildman–Crippen MR) is 69.8 cm³/mol. The van der Waals surface area contributed by atoms with Crippen molar-refractivity contribution in [3.63, 3.8) is 0 Å². The number of aliphatic imine (C=N–C) groups is 1. The third kappa shape index (κ3) is 4.46. The van der Waals surface area contributed by atoms with Gasteiger partial charge >= 0.3 is 0 Å².